The minimum atomic E-state index is 0.469. The zero-order valence-electron chi connectivity index (χ0n) is 6.27. The van der Waals surface area contributed by atoms with Crippen molar-refractivity contribution in [3.05, 3.63) is 28.2 Å². The molecule has 0 spiro atoms. The summed E-state index contributed by atoms with van der Waals surface area (Å²) in [6, 6.07) is 5.21. The van der Waals surface area contributed by atoms with Gasteiger partial charge in [0.1, 0.15) is 0 Å². The average Bonchev–Trinajstić information content (AvgIpc) is 1.99. The number of rotatable bonds is 2. The molecule has 62 valence electrons. The number of terminal acetylenes is 1. The molecule has 0 atom stereocenters. The summed E-state index contributed by atoms with van der Waals surface area (Å²) in [7, 11) is 0. The molecule has 0 unspecified atom stereocenters. The van der Waals surface area contributed by atoms with E-state index in [-0.39, 0.29) is 0 Å². The first-order chi connectivity index (χ1) is 5.72. The molecule has 0 aliphatic carbocycles. The molecule has 0 saturated carbocycles. The monoisotopic (exact) mass is 199 g/mol. The summed E-state index contributed by atoms with van der Waals surface area (Å²) in [5.41, 5.74) is 0.838. The Bertz CT molecular complexity index is 295. The first-order valence-corrected chi connectivity index (χ1v) is 4.11. The van der Waals surface area contributed by atoms with Gasteiger partial charge >= 0.3 is 0 Å². The van der Waals surface area contributed by atoms with Gasteiger partial charge in [-0.3, -0.25) is 0 Å². The Balaban J connectivity index is 2.80. The summed E-state index contributed by atoms with van der Waals surface area (Å²) in [5.74, 6) is 2.46. The quantitative estimate of drug-likeness (QED) is 0.723. The Morgan fingerprint density at radius 3 is 2.33 bits per heavy atom. The van der Waals surface area contributed by atoms with Gasteiger partial charge < -0.3 is 5.32 Å². The maximum absolute atomic E-state index is 5.75. The summed E-state index contributed by atoms with van der Waals surface area (Å²) >= 11 is 11.5. The predicted molar refractivity (Wildman–Crippen MR) is 53.8 cm³/mol. The van der Waals surface area contributed by atoms with Gasteiger partial charge in [0.25, 0.3) is 0 Å². The Hall–Kier alpha value is -0.840. The van der Waals surface area contributed by atoms with E-state index in [2.05, 4.69) is 11.2 Å². The molecule has 3 heteroatoms. The van der Waals surface area contributed by atoms with Crippen LogP contribution in [-0.4, -0.2) is 6.54 Å². The van der Waals surface area contributed by atoms with Crippen molar-refractivity contribution >= 4 is 28.9 Å². The maximum atomic E-state index is 5.75. The molecule has 1 rings (SSSR count). The highest BCUT2D eigenvalue weighted by Crippen LogP contribution is 2.21. The van der Waals surface area contributed by atoms with E-state index < -0.39 is 0 Å². The highest BCUT2D eigenvalue weighted by molar-refractivity contribution is 6.35. The number of nitrogens with one attached hydrogen (secondary N) is 1. The molecule has 1 aromatic carbocycles. The van der Waals surface area contributed by atoms with Crippen LogP contribution in [0.15, 0.2) is 18.2 Å². The zero-order chi connectivity index (χ0) is 8.97. The maximum Gasteiger partial charge on any atom is 0.0763 e. The van der Waals surface area contributed by atoms with Crippen LogP contribution in [0, 0.1) is 12.3 Å². The fraction of sp³-hybridized carbons (Fsp3) is 0.111. The van der Waals surface area contributed by atoms with E-state index >= 15 is 0 Å². The summed E-state index contributed by atoms with van der Waals surface area (Å²) < 4.78 is 0. The van der Waals surface area contributed by atoms with E-state index in [0.717, 1.165) is 5.69 Å². The van der Waals surface area contributed by atoms with Gasteiger partial charge in [0, 0.05) is 15.7 Å². The topological polar surface area (TPSA) is 12.0 Å². The third-order valence-corrected chi connectivity index (χ3v) is 1.69. The standard InChI is InChI=1S/C9H7Cl2N/c1-2-3-12-9-5-7(10)4-8(11)6-9/h1,4-6,12H,3H2. The van der Waals surface area contributed by atoms with Crippen molar-refractivity contribution in [2.75, 3.05) is 11.9 Å². The van der Waals surface area contributed by atoms with Crippen molar-refractivity contribution in [3.8, 4) is 12.3 Å². The van der Waals surface area contributed by atoms with Crippen molar-refractivity contribution in [1.29, 1.82) is 0 Å². The Labute approximate surface area is 81.7 Å². The lowest BCUT2D eigenvalue weighted by Gasteiger charge is -2.02. The van der Waals surface area contributed by atoms with Crippen LogP contribution in [0.4, 0.5) is 5.69 Å². The van der Waals surface area contributed by atoms with Crippen LogP contribution in [0.5, 0.6) is 0 Å². The molecule has 12 heavy (non-hydrogen) atoms. The number of anilines is 1. The normalized spacial score (nSPS) is 9.08. The molecular formula is C9H7Cl2N. The third kappa shape index (κ3) is 2.65. The first-order valence-electron chi connectivity index (χ1n) is 3.36. The van der Waals surface area contributed by atoms with E-state index in [1.165, 1.54) is 0 Å². The minimum absolute atomic E-state index is 0.469. The lowest BCUT2D eigenvalue weighted by Crippen LogP contribution is -1.97. The predicted octanol–water partition coefficient (Wildman–Crippen LogP) is 3.04. The first kappa shape index (κ1) is 9.25. The Morgan fingerprint density at radius 1 is 1.25 bits per heavy atom. The van der Waals surface area contributed by atoms with Crippen LogP contribution < -0.4 is 5.32 Å². The molecule has 1 N–H and O–H groups in total. The molecule has 1 nitrogen and oxygen atoms in total. The van der Waals surface area contributed by atoms with Gasteiger partial charge in [0.15, 0.2) is 0 Å². The highest BCUT2D eigenvalue weighted by Gasteiger charge is 1.95. The van der Waals surface area contributed by atoms with Crippen molar-refractivity contribution in [2.45, 2.75) is 0 Å². The van der Waals surface area contributed by atoms with Crippen molar-refractivity contribution in [1.82, 2.24) is 0 Å². The minimum Gasteiger partial charge on any atom is -0.374 e. The van der Waals surface area contributed by atoms with Crippen molar-refractivity contribution in [2.24, 2.45) is 0 Å². The average molecular weight is 200 g/mol. The fourth-order valence-electron chi connectivity index (χ4n) is 0.809. The molecule has 0 aliphatic rings. The number of hydrogen-bond donors (Lipinski definition) is 1. The van der Waals surface area contributed by atoms with Gasteiger partial charge in [-0.2, -0.15) is 0 Å². The van der Waals surface area contributed by atoms with Gasteiger partial charge in [-0.1, -0.05) is 29.1 Å². The molecule has 1 aromatic rings. The van der Waals surface area contributed by atoms with Crippen LogP contribution in [0.1, 0.15) is 0 Å². The highest BCUT2D eigenvalue weighted by atomic mass is 35.5. The summed E-state index contributed by atoms with van der Waals surface area (Å²) in [5, 5.41) is 4.17. The summed E-state index contributed by atoms with van der Waals surface area (Å²) in [6.07, 6.45) is 5.07. The lowest BCUT2D eigenvalue weighted by atomic mass is 10.3. The lowest BCUT2D eigenvalue weighted by molar-refractivity contribution is 1.38. The van der Waals surface area contributed by atoms with E-state index in [1.54, 1.807) is 18.2 Å². The van der Waals surface area contributed by atoms with Crippen LogP contribution in [0.2, 0.25) is 10.0 Å². The molecule has 0 aliphatic heterocycles. The van der Waals surface area contributed by atoms with Crippen molar-refractivity contribution in [3.63, 3.8) is 0 Å². The van der Waals surface area contributed by atoms with E-state index in [4.69, 9.17) is 29.6 Å². The molecule has 0 saturated heterocycles. The SMILES string of the molecule is C#CCNc1cc(Cl)cc(Cl)c1. The Morgan fingerprint density at radius 2 is 1.83 bits per heavy atom. The van der Waals surface area contributed by atoms with Crippen LogP contribution in [0.25, 0.3) is 0 Å². The number of benzene rings is 1. The third-order valence-electron chi connectivity index (χ3n) is 1.26. The van der Waals surface area contributed by atoms with Crippen LogP contribution in [0.3, 0.4) is 0 Å². The zero-order valence-corrected chi connectivity index (χ0v) is 7.78. The van der Waals surface area contributed by atoms with Gasteiger partial charge in [0.05, 0.1) is 6.54 Å². The van der Waals surface area contributed by atoms with Crippen LogP contribution in [-0.2, 0) is 0 Å². The molecule has 0 heterocycles. The fourth-order valence-corrected chi connectivity index (χ4v) is 1.34. The van der Waals surface area contributed by atoms with Crippen LogP contribution >= 0.6 is 23.2 Å². The second kappa shape index (κ2) is 4.25. The van der Waals surface area contributed by atoms with Gasteiger partial charge in [-0.05, 0) is 18.2 Å². The van der Waals surface area contributed by atoms with E-state index in [1.807, 2.05) is 0 Å². The molecule has 0 bridgehead atoms. The number of halogens is 2. The Kier molecular flexibility index (Phi) is 3.28. The molecule has 0 amide bonds. The summed E-state index contributed by atoms with van der Waals surface area (Å²) in [4.78, 5) is 0. The second-order valence-electron chi connectivity index (χ2n) is 2.22. The van der Waals surface area contributed by atoms with Crippen molar-refractivity contribution < 1.29 is 0 Å². The van der Waals surface area contributed by atoms with E-state index in [9.17, 15) is 0 Å². The molecule has 0 aromatic heterocycles. The largest absolute Gasteiger partial charge is 0.374 e. The second-order valence-corrected chi connectivity index (χ2v) is 3.09. The van der Waals surface area contributed by atoms with E-state index in [0.29, 0.717) is 16.6 Å². The molecular weight excluding hydrogens is 193 g/mol. The smallest absolute Gasteiger partial charge is 0.0763 e. The number of hydrogen-bond acceptors (Lipinski definition) is 1. The molecule has 0 radical (unpaired) electrons. The van der Waals surface area contributed by atoms with Gasteiger partial charge in [-0.15, -0.1) is 6.42 Å². The summed E-state index contributed by atoms with van der Waals surface area (Å²) in [6.45, 7) is 0.469. The van der Waals surface area contributed by atoms with Gasteiger partial charge in [0.2, 0.25) is 0 Å². The van der Waals surface area contributed by atoms with Gasteiger partial charge in [-0.25, -0.2) is 0 Å². The molecule has 0 fully saturated rings.